The molecule has 2 nitrogen and oxygen atoms in total. The maximum absolute atomic E-state index is 11.7. The van der Waals surface area contributed by atoms with Crippen LogP contribution in [0.5, 0.6) is 0 Å². The zero-order valence-corrected chi connectivity index (χ0v) is 13.0. The molecule has 0 heterocycles. The fourth-order valence-electron chi connectivity index (χ4n) is 1.73. The monoisotopic (exact) mass is 262 g/mol. The van der Waals surface area contributed by atoms with Gasteiger partial charge in [-0.3, -0.25) is 4.79 Å². The number of carbonyl (C=O) groups excluding carboxylic acids is 1. The molecule has 0 atom stereocenters. The molecular formula is C17H26O2. The minimum absolute atomic E-state index is 0.161. The van der Waals surface area contributed by atoms with E-state index in [9.17, 15) is 4.79 Å². The molecule has 106 valence electrons. The lowest BCUT2D eigenvalue weighted by Crippen LogP contribution is -2.22. The zero-order valence-electron chi connectivity index (χ0n) is 13.0. The first-order valence-electron chi connectivity index (χ1n) is 6.83. The number of rotatable bonds is 3. The Morgan fingerprint density at radius 3 is 1.84 bits per heavy atom. The molecule has 1 aromatic carbocycles. The molecule has 0 aromatic heterocycles. The van der Waals surface area contributed by atoms with Crippen LogP contribution in [0, 0.1) is 10.8 Å². The van der Waals surface area contributed by atoms with Gasteiger partial charge in [0.2, 0.25) is 0 Å². The smallest absolute Gasteiger partial charge is 0.311 e. The van der Waals surface area contributed by atoms with Crippen molar-refractivity contribution in [2.75, 3.05) is 0 Å². The van der Waals surface area contributed by atoms with Gasteiger partial charge in [-0.05, 0) is 43.7 Å². The highest BCUT2D eigenvalue weighted by Gasteiger charge is 2.22. The number of carbonyl (C=O) groups is 1. The molecule has 0 aliphatic rings. The van der Waals surface area contributed by atoms with E-state index in [0.29, 0.717) is 12.0 Å². The molecule has 0 spiro atoms. The van der Waals surface area contributed by atoms with Crippen molar-refractivity contribution in [2.24, 2.45) is 10.8 Å². The van der Waals surface area contributed by atoms with Gasteiger partial charge in [-0.1, -0.05) is 45.0 Å². The van der Waals surface area contributed by atoms with Crippen molar-refractivity contribution >= 4 is 5.97 Å². The molecular weight excluding hydrogens is 236 g/mol. The molecule has 0 saturated carbocycles. The third-order valence-electron chi connectivity index (χ3n) is 2.74. The molecule has 0 saturated heterocycles. The summed E-state index contributed by atoms with van der Waals surface area (Å²) in [4.78, 5) is 11.7. The summed E-state index contributed by atoms with van der Waals surface area (Å²) in [6.45, 7) is 12.6. The normalized spacial score (nSPS) is 12.3. The first-order chi connectivity index (χ1) is 8.58. The van der Waals surface area contributed by atoms with Crippen LogP contribution in [0.1, 0.15) is 52.7 Å². The van der Waals surface area contributed by atoms with Gasteiger partial charge in [0.15, 0.2) is 0 Å². The predicted octanol–water partition coefficient (Wildman–Crippen LogP) is 4.36. The van der Waals surface area contributed by atoms with E-state index in [-0.39, 0.29) is 5.97 Å². The third-order valence-corrected chi connectivity index (χ3v) is 2.74. The van der Waals surface area contributed by atoms with Crippen molar-refractivity contribution in [2.45, 2.75) is 54.6 Å². The summed E-state index contributed by atoms with van der Waals surface area (Å²) < 4.78 is 5.29. The van der Waals surface area contributed by atoms with Gasteiger partial charge in [-0.15, -0.1) is 0 Å². The van der Waals surface area contributed by atoms with Gasteiger partial charge in [-0.2, -0.15) is 0 Å². The Labute approximate surface area is 117 Å². The third kappa shape index (κ3) is 5.91. The molecule has 19 heavy (non-hydrogen) atoms. The minimum Gasteiger partial charge on any atom is -0.460 e. The van der Waals surface area contributed by atoms with Crippen LogP contribution in [0.25, 0.3) is 0 Å². The maximum atomic E-state index is 11.7. The van der Waals surface area contributed by atoms with E-state index in [1.807, 2.05) is 32.9 Å². The number of benzene rings is 1. The van der Waals surface area contributed by atoms with Crippen LogP contribution in [-0.4, -0.2) is 5.97 Å². The summed E-state index contributed by atoms with van der Waals surface area (Å²) in [5.74, 6) is -0.161. The van der Waals surface area contributed by atoms with E-state index >= 15 is 0 Å². The second-order valence-electron chi connectivity index (χ2n) is 7.38. The summed E-state index contributed by atoms with van der Waals surface area (Å²) in [6, 6.07) is 8.31. The van der Waals surface area contributed by atoms with Crippen molar-refractivity contribution < 1.29 is 9.53 Å². The van der Waals surface area contributed by atoms with Gasteiger partial charge in [-0.25, -0.2) is 0 Å². The fraction of sp³-hybridized carbons (Fsp3) is 0.588. The molecule has 0 unspecified atom stereocenters. The van der Waals surface area contributed by atoms with Crippen LogP contribution in [0.2, 0.25) is 0 Å². The van der Waals surface area contributed by atoms with E-state index in [1.165, 1.54) is 5.56 Å². The van der Waals surface area contributed by atoms with E-state index < -0.39 is 5.41 Å². The van der Waals surface area contributed by atoms with Gasteiger partial charge < -0.3 is 4.74 Å². The molecule has 1 rings (SSSR count). The van der Waals surface area contributed by atoms with E-state index in [4.69, 9.17) is 4.74 Å². The first-order valence-corrected chi connectivity index (χ1v) is 6.83. The Morgan fingerprint density at radius 2 is 1.42 bits per heavy atom. The summed E-state index contributed by atoms with van der Waals surface area (Å²) in [6.07, 6.45) is 1.05. The summed E-state index contributed by atoms with van der Waals surface area (Å²) in [7, 11) is 0. The highest BCUT2D eigenvalue weighted by molar-refractivity contribution is 5.75. The zero-order chi connectivity index (χ0) is 14.7. The molecule has 1 aromatic rings. The minimum atomic E-state index is -0.438. The van der Waals surface area contributed by atoms with Crippen molar-refractivity contribution in [3.8, 4) is 0 Å². The molecule has 0 N–H and O–H groups in total. The van der Waals surface area contributed by atoms with E-state index in [1.54, 1.807) is 0 Å². The highest BCUT2D eigenvalue weighted by Crippen LogP contribution is 2.21. The van der Waals surface area contributed by atoms with Gasteiger partial charge >= 0.3 is 5.97 Å². The molecule has 0 fully saturated rings. The van der Waals surface area contributed by atoms with Gasteiger partial charge in [0, 0.05) is 0 Å². The van der Waals surface area contributed by atoms with Crippen LogP contribution in [0.4, 0.5) is 0 Å². The van der Waals surface area contributed by atoms with Gasteiger partial charge in [0.05, 0.1) is 5.41 Å². The number of hydrogen-bond acceptors (Lipinski definition) is 2. The molecule has 0 aliphatic heterocycles. The van der Waals surface area contributed by atoms with Crippen molar-refractivity contribution in [3.05, 3.63) is 35.4 Å². The second kappa shape index (κ2) is 5.77. The van der Waals surface area contributed by atoms with Crippen molar-refractivity contribution in [1.29, 1.82) is 0 Å². The van der Waals surface area contributed by atoms with Crippen LogP contribution < -0.4 is 0 Å². The average molecular weight is 262 g/mol. The molecule has 0 radical (unpaired) electrons. The quantitative estimate of drug-likeness (QED) is 0.756. The number of esters is 1. The average Bonchev–Trinajstić information content (AvgIpc) is 2.24. The molecule has 0 aliphatic carbocycles. The summed E-state index contributed by atoms with van der Waals surface area (Å²) in [5.41, 5.74) is 2.21. The molecule has 2 heteroatoms. The van der Waals surface area contributed by atoms with Crippen LogP contribution in [0.3, 0.4) is 0 Å². The van der Waals surface area contributed by atoms with Gasteiger partial charge in [0.1, 0.15) is 6.61 Å². The number of ether oxygens (including phenoxy) is 1. The lowest BCUT2D eigenvalue weighted by molar-refractivity contribution is -0.154. The lowest BCUT2D eigenvalue weighted by Gasteiger charge is -2.18. The van der Waals surface area contributed by atoms with Gasteiger partial charge in [0.25, 0.3) is 0 Å². The second-order valence-corrected chi connectivity index (χ2v) is 7.38. The highest BCUT2D eigenvalue weighted by atomic mass is 16.5. The first kappa shape index (κ1) is 15.7. The van der Waals surface area contributed by atoms with Crippen LogP contribution in [0.15, 0.2) is 24.3 Å². The number of hydrogen-bond donors (Lipinski definition) is 0. The van der Waals surface area contributed by atoms with E-state index in [2.05, 4.69) is 32.9 Å². The van der Waals surface area contributed by atoms with Crippen molar-refractivity contribution in [3.63, 3.8) is 0 Å². The largest absolute Gasteiger partial charge is 0.460 e. The van der Waals surface area contributed by atoms with Crippen molar-refractivity contribution in [1.82, 2.24) is 0 Å². The SMILES string of the molecule is CC(C)(C)Cc1ccc(COC(=O)C(C)(C)C)cc1. The molecule has 0 bridgehead atoms. The predicted molar refractivity (Wildman–Crippen MR) is 78.9 cm³/mol. The maximum Gasteiger partial charge on any atom is 0.311 e. The Kier molecular flexibility index (Phi) is 4.78. The van der Waals surface area contributed by atoms with Crippen LogP contribution in [-0.2, 0) is 22.6 Å². The lowest BCUT2D eigenvalue weighted by atomic mass is 9.88. The standard InChI is InChI=1S/C17H26O2/c1-16(2,3)11-13-7-9-14(10-8-13)12-19-15(18)17(4,5)6/h7-10H,11-12H2,1-6H3. The Morgan fingerprint density at radius 1 is 0.947 bits per heavy atom. The van der Waals surface area contributed by atoms with E-state index in [0.717, 1.165) is 12.0 Å². The fourth-order valence-corrected chi connectivity index (χ4v) is 1.73. The molecule has 0 amide bonds. The Hall–Kier alpha value is -1.31. The topological polar surface area (TPSA) is 26.3 Å². The summed E-state index contributed by atoms with van der Waals surface area (Å²) in [5, 5.41) is 0. The Bertz CT molecular complexity index is 416. The van der Waals surface area contributed by atoms with Crippen LogP contribution >= 0.6 is 0 Å². The summed E-state index contributed by atoms with van der Waals surface area (Å²) >= 11 is 0. The Balaban J connectivity index is 2.56.